The number of rotatable bonds is 3. The van der Waals surface area contributed by atoms with Crippen molar-refractivity contribution in [3.05, 3.63) is 66.4 Å². The first-order valence-corrected chi connectivity index (χ1v) is 7.03. The molecule has 0 amide bonds. The number of nitrogens with zero attached hydrogens (tertiary/aromatic N) is 4. The fourth-order valence-electron chi connectivity index (χ4n) is 2.89. The van der Waals surface area contributed by atoms with Crippen LogP contribution in [0.4, 0.5) is 5.69 Å². The maximum absolute atomic E-state index is 4.41. The Morgan fingerprint density at radius 3 is 2.57 bits per heavy atom. The van der Waals surface area contributed by atoms with Crippen LogP contribution in [-0.4, -0.2) is 25.8 Å². The maximum Gasteiger partial charge on any atom is 0.178 e. The van der Waals surface area contributed by atoms with E-state index in [9.17, 15) is 0 Å². The molecule has 1 aliphatic carbocycles. The second-order valence-corrected chi connectivity index (χ2v) is 5.23. The van der Waals surface area contributed by atoms with Gasteiger partial charge in [-0.3, -0.25) is 0 Å². The molecule has 0 radical (unpaired) electrons. The fraction of sp³-hybridized carbons (Fsp3) is 0.188. The van der Waals surface area contributed by atoms with E-state index in [1.54, 1.807) is 17.2 Å². The molecule has 1 aromatic carbocycles. The van der Waals surface area contributed by atoms with Crippen LogP contribution >= 0.6 is 0 Å². The van der Waals surface area contributed by atoms with Gasteiger partial charge in [0.1, 0.15) is 12.7 Å². The molecule has 0 aliphatic heterocycles. The smallest absolute Gasteiger partial charge is 0.178 e. The number of pyridine rings is 1. The Morgan fingerprint density at radius 2 is 1.86 bits per heavy atom. The SMILES string of the molecule is c1ccc2c(c1)CC(Nc1cccnc1-n1cncn1)C2. The molecule has 1 N–H and O–H groups in total. The molecule has 0 atom stereocenters. The van der Waals surface area contributed by atoms with Gasteiger partial charge in [0.2, 0.25) is 0 Å². The summed E-state index contributed by atoms with van der Waals surface area (Å²) in [6, 6.07) is 13.0. The van der Waals surface area contributed by atoms with Crippen molar-refractivity contribution in [2.75, 3.05) is 5.32 Å². The van der Waals surface area contributed by atoms with Crippen LogP contribution in [0.1, 0.15) is 11.1 Å². The lowest BCUT2D eigenvalue weighted by Gasteiger charge is -2.16. The van der Waals surface area contributed by atoms with Gasteiger partial charge in [-0.2, -0.15) is 5.10 Å². The number of aromatic nitrogens is 4. The number of anilines is 1. The van der Waals surface area contributed by atoms with E-state index >= 15 is 0 Å². The molecule has 0 bridgehead atoms. The summed E-state index contributed by atoms with van der Waals surface area (Å²) in [5, 5.41) is 7.76. The first-order valence-electron chi connectivity index (χ1n) is 7.03. The summed E-state index contributed by atoms with van der Waals surface area (Å²) in [7, 11) is 0. The minimum Gasteiger partial charge on any atom is -0.379 e. The highest BCUT2D eigenvalue weighted by molar-refractivity contribution is 5.57. The highest BCUT2D eigenvalue weighted by atomic mass is 15.3. The number of hydrogen-bond acceptors (Lipinski definition) is 4. The summed E-state index contributed by atoms with van der Waals surface area (Å²) in [6.07, 6.45) is 7.04. The molecule has 0 saturated heterocycles. The normalized spacial score (nSPS) is 14.1. The zero-order valence-electron chi connectivity index (χ0n) is 11.5. The van der Waals surface area contributed by atoms with Crippen molar-refractivity contribution in [1.82, 2.24) is 19.7 Å². The second-order valence-electron chi connectivity index (χ2n) is 5.23. The Balaban J connectivity index is 1.59. The summed E-state index contributed by atoms with van der Waals surface area (Å²) in [5.74, 6) is 0.783. The van der Waals surface area contributed by atoms with Gasteiger partial charge in [0, 0.05) is 12.2 Å². The van der Waals surface area contributed by atoms with Crippen molar-refractivity contribution in [1.29, 1.82) is 0 Å². The van der Waals surface area contributed by atoms with Gasteiger partial charge in [0.15, 0.2) is 5.82 Å². The number of hydrogen-bond donors (Lipinski definition) is 1. The highest BCUT2D eigenvalue weighted by Crippen LogP contribution is 2.26. The van der Waals surface area contributed by atoms with Crippen molar-refractivity contribution in [3.63, 3.8) is 0 Å². The van der Waals surface area contributed by atoms with Crippen LogP contribution in [0.5, 0.6) is 0 Å². The fourth-order valence-corrected chi connectivity index (χ4v) is 2.89. The molecular weight excluding hydrogens is 262 g/mol. The molecule has 104 valence electrons. The van der Waals surface area contributed by atoms with Gasteiger partial charge in [0.05, 0.1) is 5.69 Å². The molecule has 0 saturated carbocycles. The van der Waals surface area contributed by atoms with E-state index in [1.807, 2.05) is 12.1 Å². The Hall–Kier alpha value is -2.69. The van der Waals surface area contributed by atoms with Crippen LogP contribution in [0.3, 0.4) is 0 Å². The third-order valence-corrected chi connectivity index (χ3v) is 3.83. The molecule has 1 aliphatic rings. The monoisotopic (exact) mass is 277 g/mol. The van der Waals surface area contributed by atoms with Gasteiger partial charge in [-0.05, 0) is 36.1 Å². The standard InChI is InChI=1S/C16H15N5/c1-2-5-13-9-14(8-12(13)4-1)20-15-6-3-7-18-16(15)21-11-17-10-19-21/h1-7,10-11,14,20H,8-9H2. The Kier molecular flexibility index (Phi) is 2.88. The molecule has 2 aromatic heterocycles. The molecular formula is C16H15N5. The lowest BCUT2D eigenvalue weighted by atomic mass is 10.1. The van der Waals surface area contributed by atoms with Crippen LogP contribution in [0.15, 0.2) is 55.2 Å². The summed E-state index contributed by atoms with van der Waals surface area (Å²) in [4.78, 5) is 8.40. The molecule has 3 aromatic rings. The molecule has 0 fully saturated rings. The van der Waals surface area contributed by atoms with Crippen LogP contribution in [-0.2, 0) is 12.8 Å². The van der Waals surface area contributed by atoms with Crippen LogP contribution in [0, 0.1) is 0 Å². The minimum atomic E-state index is 0.397. The summed E-state index contributed by atoms with van der Waals surface area (Å²) >= 11 is 0. The van der Waals surface area contributed by atoms with Crippen molar-refractivity contribution in [3.8, 4) is 5.82 Å². The van der Waals surface area contributed by atoms with Crippen LogP contribution in [0.2, 0.25) is 0 Å². The van der Waals surface area contributed by atoms with Crippen molar-refractivity contribution >= 4 is 5.69 Å². The lowest BCUT2D eigenvalue weighted by Crippen LogP contribution is -2.21. The van der Waals surface area contributed by atoms with Gasteiger partial charge in [-0.25, -0.2) is 14.6 Å². The first-order chi connectivity index (χ1) is 10.4. The Labute approximate surface area is 122 Å². The molecule has 0 spiro atoms. The molecule has 0 unspecified atom stereocenters. The van der Waals surface area contributed by atoms with Gasteiger partial charge >= 0.3 is 0 Å². The second kappa shape index (κ2) is 5.01. The molecule has 5 heteroatoms. The van der Waals surface area contributed by atoms with Crippen LogP contribution in [0.25, 0.3) is 5.82 Å². The molecule has 5 nitrogen and oxygen atoms in total. The average Bonchev–Trinajstić information content (AvgIpc) is 3.16. The van der Waals surface area contributed by atoms with E-state index in [0.29, 0.717) is 6.04 Å². The maximum atomic E-state index is 4.41. The zero-order chi connectivity index (χ0) is 14.1. The number of nitrogens with one attached hydrogen (secondary N) is 1. The summed E-state index contributed by atoms with van der Waals surface area (Å²) in [5.41, 5.74) is 3.85. The molecule has 2 heterocycles. The third kappa shape index (κ3) is 2.27. The predicted octanol–water partition coefficient (Wildman–Crippen LogP) is 2.24. The largest absolute Gasteiger partial charge is 0.379 e. The zero-order valence-corrected chi connectivity index (χ0v) is 11.5. The third-order valence-electron chi connectivity index (χ3n) is 3.83. The molecule has 21 heavy (non-hydrogen) atoms. The first kappa shape index (κ1) is 12.1. The van der Waals surface area contributed by atoms with Crippen molar-refractivity contribution in [2.45, 2.75) is 18.9 Å². The summed E-state index contributed by atoms with van der Waals surface area (Å²) < 4.78 is 1.68. The van der Waals surface area contributed by atoms with Gasteiger partial charge in [-0.1, -0.05) is 24.3 Å². The molecule has 4 rings (SSSR count). The van der Waals surface area contributed by atoms with E-state index < -0.39 is 0 Å². The Morgan fingerprint density at radius 1 is 1.05 bits per heavy atom. The topological polar surface area (TPSA) is 55.6 Å². The van der Waals surface area contributed by atoms with E-state index in [4.69, 9.17) is 0 Å². The minimum absolute atomic E-state index is 0.397. The van der Waals surface area contributed by atoms with E-state index in [2.05, 4.69) is 44.6 Å². The van der Waals surface area contributed by atoms with Gasteiger partial charge in [0.25, 0.3) is 0 Å². The van der Waals surface area contributed by atoms with Gasteiger partial charge in [-0.15, -0.1) is 0 Å². The van der Waals surface area contributed by atoms with Gasteiger partial charge < -0.3 is 5.32 Å². The quantitative estimate of drug-likeness (QED) is 0.797. The number of benzene rings is 1. The van der Waals surface area contributed by atoms with Crippen molar-refractivity contribution < 1.29 is 0 Å². The lowest BCUT2D eigenvalue weighted by molar-refractivity contribution is 0.765. The average molecular weight is 277 g/mol. The highest BCUT2D eigenvalue weighted by Gasteiger charge is 2.21. The summed E-state index contributed by atoms with van der Waals surface area (Å²) in [6.45, 7) is 0. The van der Waals surface area contributed by atoms with E-state index in [-0.39, 0.29) is 0 Å². The van der Waals surface area contributed by atoms with Crippen molar-refractivity contribution in [2.24, 2.45) is 0 Å². The van der Waals surface area contributed by atoms with E-state index in [0.717, 1.165) is 24.3 Å². The van der Waals surface area contributed by atoms with Crippen LogP contribution < -0.4 is 5.32 Å². The van der Waals surface area contributed by atoms with E-state index in [1.165, 1.54) is 17.5 Å². The Bertz CT molecular complexity index is 726. The number of fused-ring (bicyclic) bond motifs is 1. The predicted molar refractivity (Wildman–Crippen MR) is 80.4 cm³/mol.